The topological polar surface area (TPSA) is 20.2 Å². The first kappa shape index (κ1) is 12.8. The minimum Gasteiger partial charge on any atom is -0.392 e. The van der Waals surface area contributed by atoms with Crippen molar-refractivity contribution in [3.63, 3.8) is 0 Å². The Bertz CT molecular complexity index is 272. The molecule has 0 bridgehead atoms. The molecule has 1 aromatic rings. The molecule has 0 unspecified atom stereocenters. The zero-order valence-corrected chi connectivity index (χ0v) is 9.58. The molecular weight excluding hydrogens is 207 g/mol. The van der Waals surface area contributed by atoms with Crippen molar-refractivity contribution in [2.24, 2.45) is 0 Å². The number of halogens is 2. The fraction of sp³-hybridized carbons (Fsp3) is 0.400. The van der Waals surface area contributed by atoms with Gasteiger partial charge in [0.2, 0.25) is 0 Å². The third-order valence-corrected chi connectivity index (χ3v) is 2.26. The van der Waals surface area contributed by atoms with Gasteiger partial charge in [0, 0.05) is 10.0 Å². The highest BCUT2D eigenvalue weighted by Crippen LogP contribution is 2.24. The van der Waals surface area contributed by atoms with Gasteiger partial charge in [-0.25, -0.2) is 0 Å². The first-order valence-corrected chi connectivity index (χ1v) is 4.96. The highest BCUT2D eigenvalue weighted by molar-refractivity contribution is 6.35. The summed E-state index contributed by atoms with van der Waals surface area (Å²) >= 11 is 11.5. The van der Waals surface area contributed by atoms with Crippen LogP contribution >= 0.6 is 23.2 Å². The van der Waals surface area contributed by atoms with Crippen molar-refractivity contribution in [1.29, 1.82) is 0 Å². The highest BCUT2D eigenvalue weighted by atomic mass is 35.5. The molecule has 1 N–H and O–H groups in total. The van der Waals surface area contributed by atoms with E-state index >= 15 is 0 Å². The Morgan fingerprint density at radius 3 is 2.15 bits per heavy atom. The van der Waals surface area contributed by atoms with Crippen LogP contribution in [0.3, 0.4) is 0 Å². The molecule has 0 aromatic heterocycles. The average molecular weight is 221 g/mol. The Labute approximate surface area is 89.3 Å². The highest BCUT2D eigenvalue weighted by Gasteiger charge is 2.02. The molecule has 1 rings (SSSR count). The minimum absolute atomic E-state index is 0.0448. The third-order valence-electron chi connectivity index (χ3n) is 1.50. The number of aliphatic hydroxyl groups is 1. The fourth-order valence-electron chi connectivity index (χ4n) is 0.838. The maximum absolute atomic E-state index is 8.81. The monoisotopic (exact) mass is 220 g/mol. The number of aliphatic hydroxyl groups excluding tert-OH is 1. The van der Waals surface area contributed by atoms with E-state index in [-0.39, 0.29) is 6.61 Å². The van der Waals surface area contributed by atoms with E-state index in [1.54, 1.807) is 12.1 Å². The van der Waals surface area contributed by atoms with Gasteiger partial charge >= 0.3 is 0 Å². The van der Waals surface area contributed by atoms with Crippen LogP contribution in [0, 0.1) is 6.92 Å². The molecule has 0 aliphatic carbocycles. The largest absolute Gasteiger partial charge is 0.392 e. The van der Waals surface area contributed by atoms with Crippen molar-refractivity contribution in [3.05, 3.63) is 33.3 Å². The Kier molecular flexibility index (Phi) is 6.13. The smallest absolute Gasteiger partial charge is 0.0696 e. The van der Waals surface area contributed by atoms with Gasteiger partial charge in [-0.1, -0.05) is 43.1 Å². The van der Waals surface area contributed by atoms with Crippen molar-refractivity contribution in [1.82, 2.24) is 0 Å². The second-order valence-corrected chi connectivity index (χ2v) is 3.17. The van der Waals surface area contributed by atoms with Gasteiger partial charge in [0.15, 0.2) is 0 Å². The lowest BCUT2D eigenvalue weighted by Gasteiger charge is -2.03. The van der Waals surface area contributed by atoms with Gasteiger partial charge in [0.25, 0.3) is 0 Å². The summed E-state index contributed by atoms with van der Waals surface area (Å²) in [6.07, 6.45) is 0. The summed E-state index contributed by atoms with van der Waals surface area (Å²) in [5.74, 6) is 0. The summed E-state index contributed by atoms with van der Waals surface area (Å²) in [5, 5.41) is 9.95. The molecule has 0 saturated carbocycles. The van der Waals surface area contributed by atoms with Gasteiger partial charge in [-0.05, 0) is 24.1 Å². The van der Waals surface area contributed by atoms with E-state index in [0.717, 1.165) is 5.56 Å². The molecule has 1 nitrogen and oxygen atoms in total. The fourth-order valence-corrected chi connectivity index (χ4v) is 1.28. The van der Waals surface area contributed by atoms with Crippen LogP contribution in [0.1, 0.15) is 25.0 Å². The van der Waals surface area contributed by atoms with Gasteiger partial charge in [0.1, 0.15) is 0 Å². The van der Waals surface area contributed by atoms with Crippen molar-refractivity contribution in [2.45, 2.75) is 27.4 Å². The van der Waals surface area contributed by atoms with Crippen molar-refractivity contribution < 1.29 is 5.11 Å². The Morgan fingerprint density at radius 2 is 1.69 bits per heavy atom. The molecular formula is C10H14Cl2O. The van der Waals surface area contributed by atoms with Crippen LogP contribution in [-0.4, -0.2) is 5.11 Å². The van der Waals surface area contributed by atoms with Gasteiger partial charge in [-0.2, -0.15) is 0 Å². The molecule has 3 heteroatoms. The van der Waals surface area contributed by atoms with Crippen molar-refractivity contribution in [3.8, 4) is 0 Å². The van der Waals surface area contributed by atoms with Crippen LogP contribution in [0.2, 0.25) is 10.0 Å². The first-order chi connectivity index (χ1) is 6.15. The van der Waals surface area contributed by atoms with Gasteiger partial charge in [0.05, 0.1) is 6.61 Å². The van der Waals surface area contributed by atoms with E-state index in [2.05, 4.69) is 0 Å². The lowest BCUT2D eigenvalue weighted by molar-refractivity contribution is 0.282. The lowest BCUT2D eigenvalue weighted by atomic mass is 10.1. The summed E-state index contributed by atoms with van der Waals surface area (Å²) in [6, 6.07) is 3.43. The van der Waals surface area contributed by atoms with Crippen LogP contribution in [-0.2, 0) is 6.61 Å². The van der Waals surface area contributed by atoms with Crippen LogP contribution < -0.4 is 0 Å². The quantitative estimate of drug-likeness (QED) is 0.764. The van der Waals surface area contributed by atoms with E-state index in [9.17, 15) is 0 Å². The molecule has 1 aromatic carbocycles. The molecule has 74 valence electrons. The predicted molar refractivity (Wildman–Crippen MR) is 58.5 cm³/mol. The molecule has 0 amide bonds. The maximum Gasteiger partial charge on any atom is 0.0696 e. The molecule has 0 aliphatic heterocycles. The van der Waals surface area contributed by atoms with Crippen LogP contribution in [0.25, 0.3) is 0 Å². The molecule has 0 atom stereocenters. The normalized spacial score (nSPS) is 9.08. The number of benzene rings is 1. The summed E-state index contributed by atoms with van der Waals surface area (Å²) in [7, 11) is 0. The van der Waals surface area contributed by atoms with E-state index in [0.29, 0.717) is 15.6 Å². The first-order valence-electron chi connectivity index (χ1n) is 4.20. The number of aryl methyl sites for hydroxylation is 1. The van der Waals surface area contributed by atoms with Crippen molar-refractivity contribution >= 4 is 23.2 Å². The Balaban J connectivity index is 0.000000671. The maximum atomic E-state index is 8.81. The van der Waals surface area contributed by atoms with E-state index in [1.165, 1.54) is 0 Å². The molecule has 0 fully saturated rings. The average Bonchev–Trinajstić information content (AvgIpc) is 2.15. The standard InChI is InChI=1S/C8H8Cl2O.C2H6/c1-5-2-6(4-11)8(10)3-7(5)9;1-2/h2-3,11H,4H2,1H3;1-2H3. The van der Waals surface area contributed by atoms with Gasteiger partial charge < -0.3 is 5.11 Å². The summed E-state index contributed by atoms with van der Waals surface area (Å²) in [4.78, 5) is 0. The molecule has 13 heavy (non-hydrogen) atoms. The van der Waals surface area contributed by atoms with Crippen LogP contribution in [0.4, 0.5) is 0 Å². The summed E-state index contributed by atoms with van der Waals surface area (Å²) < 4.78 is 0. The number of hydrogen-bond donors (Lipinski definition) is 1. The molecule has 0 saturated heterocycles. The predicted octanol–water partition coefficient (Wildman–Crippen LogP) is 3.82. The SMILES string of the molecule is CC.Cc1cc(CO)c(Cl)cc1Cl. The number of hydrogen-bond acceptors (Lipinski definition) is 1. The minimum atomic E-state index is -0.0448. The van der Waals surface area contributed by atoms with E-state index in [1.807, 2.05) is 20.8 Å². The van der Waals surface area contributed by atoms with Crippen LogP contribution in [0.5, 0.6) is 0 Å². The van der Waals surface area contributed by atoms with Gasteiger partial charge in [-0.15, -0.1) is 0 Å². The van der Waals surface area contributed by atoms with Gasteiger partial charge in [-0.3, -0.25) is 0 Å². The molecule has 0 aliphatic rings. The Hall–Kier alpha value is -0.240. The van der Waals surface area contributed by atoms with Crippen molar-refractivity contribution in [2.75, 3.05) is 0 Å². The summed E-state index contributed by atoms with van der Waals surface area (Å²) in [6.45, 7) is 5.83. The summed E-state index contributed by atoms with van der Waals surface area (Å²) in [5.41, 5.74) is 1.65. The van der Waals surface area contributed by atoms with Crippen LogP contribution in [0.15, 0.2) is 12.1 Å². The second-order valence-electron chi connectivity index (χ2n) is 2.35. The second kappa shape index (κ2) is 6.25. The third kappa shape index (κ3) is 3.55. The molecule has 0 spiro atoms. The lowest BCUT2D eigenvalue weighted by Crippen LogP contribution is -1.86. The number of rotatable bonds is 1. The zero-order chi connectivity index (χ0) is 10.4. The molecule has 0 radical (unpaired) electrons. The van der Waals surface area contributed by atoms with E-state index in [4.69, 9.17) is 28.3 Å². The zero-order valence-electron chi connectivity index (χ0n) is 8.06. The molecule has 0 heterocycles. The Morgan fingerprint density at radius 1 is 1.15 bits per heavy atom. The van der Waals surface area contributed by atoms with E-state index < -0.39 is 0 Å².